The first kappa shape index (κ1) is 52.7. The van der Waals surface area contributed by atoms with Crippen LogP contribution >= 0.6 is 7.82 Å². The van der Waals surface area contributed by atoms with E-state index in [0.29, 0.717) is 12.8 Å². The monoisotopic (exact) mass is 791 g/mol. The molecular formula is C43H83O10P. The standard InChI is InChI=1S/C43H83O10P/c1-3-5-7-9-11-13-15-17-19-20-21-23-25-27-29-31-33-35-43(47)53-41(39-52-54(48,49)51-37-40(45)36-44)38-50-42(46)34-32-30-28-26-24-22-18-16-14-12-10-8-6-4-2/h17,19,40-41,44-45H,3-16,18,20-39H2,1-2H3,(H,48,49)/b19-17-. The Bertz CT molecular complexity index is 915. The molecule has 0 saturated carbocycles. The number of carbonyl (C=O) groups is 2. The molecular weight excluding hydrogens is 707 g/mol. The highest BCUT2D eigenvalue weighted by Gasteiger charge is 2.27. The lowest BCUT2D eigenvalue weighted by atomic mass is 10.0. The fourth-order valence-electron chi connectivity index (χ4n) is 6.22. The summed E-state index contributed by atoms with van der Waals surface area (Å²) in [4.78, 5) is 35.0. The maximum Gasteiger partial charge on any atom is 0.472 e. The second-order valence-corrected chi connectivity index (χ2v) is 16.5. The van der Waals surface area contributed by atoms with Gasteiger partial charge in [0, 0.05) is 12.8 Å². The van der Waals surface area contributed by atoms with Gasteiger partial charge >= 0.3 is 19.8 Å². The molecule has 11 heteroatoms. The van der Waals surface area contributed by atoms with Crippen LogP contribution in [0.4, 0.5) is 0 Å². The number of ether oxygens (including phenoxy) is 2. The summed E-state index contributed by atoms with van der Waals surface area (Å²) in [5.74, 6) is -0.919. The third-order valence-corrected chi connectivity index (χ3v) is 10.6. The molecule has 0 fully saturated rings. The lowest BCUT2D eigenvalue weighted by molar-refractivity contribution is -0.161. The molecule has 0 aliphatic carbocycles. The van der Waals surface area contributed by atoms with Crippen LogP contribution in [0.1, 0.15) is 213 Å². The van der Waals surface area contributed by atoms with Crippen molar-refractivity contribution in [1.29, 1.82) is 0 Å². The zero-order valence-electron chi connectivity index (χ0n) is 34.7. The molecule has 0 aliphatic heterocycles. The number of esters is 2. The Morgan fingerprint density at radius 3 is 1.33 bits per heavy atom. The van der Waals surface area contributed by atoms with Gasteiger partial charge in [-0.25, -0.2) is 4.57 Å². The van der Waals surface area contributed by atoms with Crippen LogP contribution in [-0.2, 0) is 32.7 Å². The van der Waals surface area contributed by atoms with Crippen molar-refractivity contribution in [1.82, 2.24) is 0 Å². The molecule has 0 spiro atoms. The van der Waals surface area contributed by atoms with Gasteiger partial charge in [-0.05, 0) is 38.5 Å². The van der Waals surface area contributed by atoms with E-state index in [4.69, 9.17) is 23.6 Å². The largest absolute Gasteiger partial charge is 0.472 e. The summed E-state index contributed by atoms with van der Waals surface area (Å²) < 4.78 is 32.7. The predicted molar refractivity (Wildman–Crippen MR) is 219 cm³/mol. The lowest BCUT2D eigenvalue weighted by Crippen LogP contribution is -2.29. The number of allylic oxidation sites excluding steroid dienone is 2. The van der Waals surface area contributed by atoms with Crippen LogP contribution in [0.3, 0.4) is 0 Å². The molecule has 0 aliphatic rings. The molecule has 0 aromatic carbocycles. The SMILES string of the molecule is CCCCCCCC/C=C\CCCCCCCCCC(=O)OC(COC(=O)CCCCCCCCCCCCCCCC)COP(=O)(O)OCC(O)CO. The molecule has 0 amide bonds. The van der Waals surface area contributed by atoms with Crippen molar-refractivity contribution in [3.05, 3.63) is 12.2 Å². The third-order valence-electron chi connectivity index (χ3n) is 9.67. The highest BCUT2D eigenvalue weighted by molar-refractivity contribution is 7.47. The lowest BCUT2D eigenvalue weighted by Gasteiger charge is -2.20. The van der Waals surface area contributed by atoms with Crippen molar-refractivity contribution in [2.24, 2.45) is 0 Å². The molecule has 0 rings (SSSR count). The first-order valence-corrected chi connectivity index (χ1v) is 23.6. The number of unbranched alkanes of at least 4 members (excludes halogenated alkanes) is 26. The molecule has 0 radical (unpaired) electrons. The van der Waals surface area contributed by atoms with E-state index in [1.807, 2.05) is 0 Å². The number of aliphatic hydroxyl groups is 2. The summed E-state index contributed by atoms with van der Waals surface area (Å²) in [6, 6.07) is 0. The van der Waals surface area contributed by atoms with Gasteiger partial charge in [0.1, 0.15) is 12.7 Å². The summed E-state index contributed by atoms with van der Waals surface area (Å²) in [5, 5.41) is 18.3. The van der Waals surface area contributed by atoms with Gasteiger partial charge in [0.2, 0.25) is 0 Å². The van der Waals surface area contributed by atoms with Gasteiger partial charge in [0.05, 0.1) is 19.8 Å². The van der Waals surface area contributed by atoms with Crippen LogP contribution in [-0.4, -0.2) is 65.7 Å². The normalized spacial score (nSPS) is 13.9. The number of hydrogen-bond donors (Lipinski definition) is 3. The van der Waals surface area contributed by atoms with Crippen LogP contribution in [0, 0.1) is 0 Å². The van der Waals surface area contributed by atoms with Crippen molar-refractivity contribution < 1.29 is 47.8 Å². The van der Waals surface area contributed by atoms with E-state index in [1.54, 1.807) is 0 Å². The Hall–Kier alpha value is -1.29. The predicted octanol–water partition coefficient (Wildman–Crippen LogP) is 11.6. The highest BCUT2D eigenvalue weighted by Crippen LogP contribution is 2.43. The van der Waals surface area contributed by atoms with Gasteiger partial charge in [-0.3, -0.25) is 18.6 Å². The molecule has 3 atom stereocenters. The summed E-state index contributed by atoms with van der Waals surface area (Å²) in [7, 11) is -4.61. The molecule has 0 aromatic rings. The molecule has 0 aromatic heterocycles. The van der Waals surface area contributed by atoms with Crippen LogP contribution in [0.15, 0.2) is 12.2 Å². The van der Waals surface area contributed by atoms with Crippen LogP contribution in [0.5, 0.6) is 0 Å². The van der Waals surface area contributed by atoms with Crippen LogP contribution in [0.2, 0.25) is 0 Å². The second kappa shape index (κ2) is 39.9. The first-order valence-electron chi connectivity index (χ1n) is 22.1. The number of rotatable bonds is 42. The number of aliphatic hydroxyl groups excluding tert-OH is 2. The van der Waals surface area contributed by atoms with Gasteiger partial charge in [0.25, 0.3) is 0 Å². The average molecular weight is 791 g/mol. The van der Waals surface area contributed by atoms with E-state index in [2.05, 4.69) is 26.0 Å². The van der Waals surface area contributed by atoms with E-state index >= 15 is 0 Å². The van der Waals surface area contributed by atoms with E-state index in [9.17, 15) is 24.2 Å². The molecule has 3 unspecified atom stereocenters. The van der Waals surface area contributed by atoms with Crippen molar-refractivity contribution in [3.63, 3.8) is 0 Å². The summed E-state index contributed by atoms with van der Waals surface area (Å²) >= 11 is 0. The van der Waals surface area contributed by atoms with Crippen LogP contribution in [0.25, 0.3) is 0 Å². The van der Waals surface area contributed by atoms with Gasteiger partial charge in [-0.2, -0.15) is 0 Å². The smallest absolute Gasteiger partial charge is 0.462 e. The zero-order valence-corrected chi connectivity index (χ0v) is 35.6. The molecule has 54 heavy (non-hydrogen) atoms. The van der Waals surface area contributed by atoms with Crippen molar-refractivity contribution in [2.75, 3.05) is 26.4 Å². The Balaban J connectivity index is 4.26. The summed E-state index contributed by atoms with van der Waals surface area (Å²) in [5.41, 5.74) is 0. The number of carbonyl (C=O) groups excluding carboxylic acids is 2. The molecule has 0 heterocycles. The van der Waals surface area contributed by atoms with Crippen molar-refractivity contribution in [2.45, 2.75) is 225 Å². The second-order valence-electron chi connectivity index (χ2n) is 15.1. The van der Waals surface area contributed by atoms with Crippen molar-refractivity contribution in [3.8, 4) is 0 Å². The van der Waals surface area contributed by atoms with Crippen LogP contribution < -0.4 is 0 Å². The van der Waals surface area contributed by atoms with Gasteiger partial charge in [-0.15, -0.1) is 0 Å². The van der Waals surface area contributed by atoms with Gasteiger partial charge in [-0.1, -0.05) is 174 Å². The minimum absolute atomic E-state index is 0.183. The number of phosphoric ester groups is 1. The summed E-state index contributed by atoms with van der Waals surface area (Å²) in [6.07, 6.45) is 37.4. The Morgan fingerprint density at radius 2 is 0.907 bits per heavy atom. The maximum absolute atomic E-state index is 12.6. The Kier molecular flexibility index (Phi) is 39.0. The van der Waals surface area contributed by atoms with E-state index in [-0.39, 0.29) is 19.4 Å². The van der Waals surface area contributed by atoms with E-state index in [1.165, 1.54) is 128 Å². The number of hydrogen-bond acceptors (Lipinski definition) is 9. The van der Waals surface area contributed by atoms with Crippen molar-refractivity contribution >= 4 is 19.8 Å². The minimum atomic E-state index is -4.61. The molecule has 0 bridgehead atoms. The first-order chi connectivity index (χ1) is 26.2. The van der Waals surface area contributed by atoms with Gasteiger partial charge < -0.3 is 24.6 Å². The Morgan fingerprint density at radius 1 is 0.537 bits per heavy atom. The maximum atomic E-state index is 12.6. The molecule has 10 nitrogen and oxygen atoms in total. The van der Waals surface area contributed by atoms with E-state index in [0.717, 1.165) is 44.9 Å². The quantitative estimate of drug-likeness (QED) is 0.0236. The molecule has 3 N–H and O–H groups in total. The Labute approximate surface area is 330 Å². The van der Waals surface area contributed by atoms with Gasteiger partial charge in [0.15, 0.2) is 6.10 Å². The minimum Gasteiger partial charge on any atom is -0.462 e. The average Bonchev–Trinajstić information content (AvgIpc) is 3.16. The topological polar surface area (TPSA) is 149 Å². The summed E-state index contributed by atoms with van der Waals surface area (Å²) in [6.45, 7) is 2.40. The molecule has 320 valence electrons. The fraction of sp³-hybridized carbons (Fsp3) is 0.907. The fourth-order valence-corrected chi connectivity index (χ4v) is 7.01. The number of phosphoric acid groups is 1. The molecule has 0 saturated heterocycles. The third kappa shape index (κ3) is 39.0. The zero-order chi connectivity index (χ0) is 39.8. The van der Waals surface area contributed by atoms with E-state index < -0.39 is 51.8 Å². The highest BCUT2D eigenvalue weighted by atomic mass is 31.2.